The maximum atomic E-state index is 10.9. The Morgan fingerprint density at radius 2 is 2.44 bits per heavy atom. The zero-order valence-corrected chi connectivity index (χ0v) is 9.83. The predicted molar refractivity (Wildman–Crippen MR) is 59.9 cm³/mol. The fraction of sp³-hybridized carbons (Fsp3) is 0.400. The smallest absolute Gasteiger partial charge is 0.339 e. The van der Waals surface area contributed by atoms with E-state index in [1.165, 1.54) is 12.6 Å². The molecule has 0 unspecified atom stereocenters. The number of rotatable bonds is 6. The van der Waals surface area contributed by atoms with Gasteiger partial charge in [-0.2, -0.15) is 10.1 Å². The first kappa shape index (κ1) is 12.2. The SMILES string of the molecule is Cn1ncc(C(=O)O)c1CNCCc1ncon1. The van der Waals surface area contributed by atoms with Crippen LogP contribution < -0.4 is 5.32 Å². The number of aromatic carboxylic acids is 1. The van der Waals surface area contributed by atoms with Gasteiger partial charge in [-0.1, -0.05) is 5.16 Å². The van der Waals surface area contributed by atoms with Crippen molar-refractivity contribution in [3.05, 3.63) is 29.7 Å². The fourth-order valence-corrected chi connectivity index (χ4v) is 1.56. The summed E-state index contributed by atoms with van der Waals surface area (Å²) in [6, 6.07) is 0. The molecule has 2 heterocycles. The minimum absolute atomic E-state index is 0.213. The van der Waals surface area contributed by atoms with Gasteiger partial charge in [-0.05, 0) is 0 Å². The molecule has 18 heavy (non-hydrogen) atoms. The largest absolute Gasteiger partial charge is 0.478 e. The zero-order chi connectivity index (χ0) is 13.0. The molecule has 0 aliphatic carbocycles. The van der Waals surface area contributed by atoms with Crippen molar-refractivity contribution in [3.63, 3.8) is 0 Å². The number of nitrogens with zero attached hydrogens (tertiary/aromatic N) is 4. The summed E-state index contributed by atoms with van der Waals surface area (Å²) in [5, 5.41) is 19.7. The van der Waals surface area contributed by atoms with Gasteiger partial charge in [0, 0.05) is 26.6 Å². The molecule has 0 aliphatic rings. The van der Waals surface area contributed by atoms with Gasteiger partial charge >= 0.3 is 5.97 Å². The van der Waals surface area contributed by atoms with Gasteiger partial charge in [0.15, 0.2) is 5.82 Å². The number of aromatic nitrogens is 4. The summed E-state index contributed by atoms with van der Waals surface area (Å²) in [6.07, 6.45) is 3.24. The van der Waals surface area contributed by atoms with E-state index < -0.39 is 5.97 Å². The van der Waals surface area contributed by atoms with Crippen molar-refractivity contribution in [1.82, 2.24) is 25.2 Å². The van der Waals surface area contributed by atoms with E-state index in [0.29, 0.717) is 31.0 Å². The van der Waals surface area contributed by atoms with E-state index in [-0.39, 0.29) is 5.56 Å². The molecular weight excluding hydrogens is 238 g/mol. The molecule has 0 fully saturated rings. The summed E-state index contributed by atoms with van der Waals surface area (Å²) in [5.41, 5.74) is 0.847. The number of hydrogen-bond acceptors (Lipinski definition) is 6. The van der Waals surface area contributed by atoms with Crippen molar-refractivity contribution in [2.45, 2.75) is 13.0 Å². The second kappa shape index (κ2) is 5.41. The highest BCUT2D eigenvalue weighted by atomic mass is 16.5. The summed E-state index contributed by atoms with van der Waals surface area (Å²) in [4.78, 5) is 14.8. The number of carbonyl (C=O) groups is 1. The molecule has 8 nitrogen and oxygen atoms in total. The summed E-state index contributed by atoms with van der Waals surface area (Å²) in [7, 11) is 1.71. The normalized spacial score (nSPS) is 10.7. The molecule has 0 bridgehead atoms. The lowest BCUT2D eigenvalue weighted by molar-refractivity contribution is 0.0695. The van der Waals surface area contributed by atoms with Crippen LogP contribution in [0.25, 0.3) is 0 Å². The molecule has 2 aromatic heterocycles. The van der Waals surface area contributed by atoms with Crippen LogP contribution in [0.3, 0.4) is 0 Å². The van der Waals surface area contributed by atoms with Crippen LogP contribution in [0.2, 0.25) is 0 Å². The van der Waals surface area contributed by atoms with E-state index in [1.54, 1.807) is 11.7 Å². The predicted octanol–water partition coefficient (Wildman–Crippen LogP) is -0.166. The van der Waals surface area contributed by atoms with Crippen LogP contribution in [0.4, 0.5) is 0 Å². The first-order valence-electron chi connectivity index (χ1n) is 5.38. The first-order valence-corrected chi connectivity index (χ1v) is 5.38. The molecular formula is C10H13N5O3. The van der Waals surface area contributed by atoms with Gasteiger partial charge in [-0.15, -0.1) is 0 Å². The third-order valence-corrected chi connectivity index (χ3v) is 2.52. The topological polar surface area (TPSA) is 106 Å². The van der Waals surface area contributed by atoms with E-state index in [4.69, 9.17) is 5.11 Å². The van der Waals surface area contributed by atoms with Crippen molar-refractivity contribution in [2.24, 2.45) is 7.05 Å². The lowest BCUT2D eigenvalue weighted by Crippen LogP contribution is -2.20. The molecule has 0 saturated carbocycles. The molecule has 2 rings (SSSR count). The lowest BCUT2D eigenvalue weighted by atomic mass is 10.2. The molecule has 8 heteroatoms. The summed E-state index contributed by atoms with van der Waals surface area (Å²) in [6.45, 7) is 1.06. The molecule has 0 spiro atoms. The molecule has 0 aromatic carbocycles. The summed E-state index contributed by atoms with van der Waals surface area (Å²) in [5.74, 6) is -0.357. The minimum atomic E-state index is -0.974. The van der Waals surface area contributed by atoms with Gasteiger partial charge in [0.25, 0.3) is 0 Å². The van der Waals surface area contributed by atoms with Crippen LogP contribution in [0, 0.1) is 0 Å². The fourth-order valence-electron chi connectivity index (χ4n) is 1.56. The van der Waals surface area contributed by atoms with E-state index in [1.807, 2.05) is 0 Å². The van der Waals surface area contributed by atoms with Crippen molar-refractivity contribution >= 4 is 5.97 Å². The second-order valence-corrected chi connectivity index (χ2v) is 3.71. The van der Waals surface area contributed by atoms with Gasteiger partial charge in [-0.3, -0.25) is 4.68 Å². The van der Waals surface area contributed by atoms with Crippen LogP contribution in [-0.4, -0.2) is 37.5 Å². The van der Waals surface area contributed by atoms with Crippen LogP contribution >= 0.6 is 0 Å². The van der Waals surface area contributed by atoms with Crippen LogP contribution in [0.15, 0.2) is 17.1 Å². The Bertz CT molecular complexity index is 520. The van der Waals surface area contributed by atoms with Crippen LogP contribution in [0.5, 0.6) is 0 Å². The Balaban J connectivity index is 1.86. The van der Waals surface area contributed by atoms with Crippen molar-refractivity contribution in [1.29, 1.82) is 0 Å². The summed E-state index contributed by atoms with van der Waals surface area (Å²) >= 11 is 0. The molecule has 0 atom stereocenters. The van der Waals surface area contributed by atoms with E-state index in [0.717, 1.165) is 0 Å². The quantitative estimate of drug-likeness (QED) is 0.686. The second-order valence-electron chi connectivity index (χ2n) is 3.71. The Kier molecular flexibility index (Phi) is 3.68. The monoisotopic (exact) mass is 251 g/mol. The maximum absolute atomic E-state index is 10.9. The first-order chi connectivity index (χ1) is 8.68. The summed E-state index contributed by atoms with van der Waals surface area (Å²) < 4.78 is 6.15. The molecule has 96 valence electrons. The highest BCUT2D eigenvalue weighted by Crippen LogP contribution is 2.06. The third-order valence-electron chi connectivity index (χ3n) is 2.52. The van der Waals surface area contributed by atoms with Gasteiger partial charge in [0.2, 0.25) is 6.39 Å². The van der Waals surface area contributed by atoms with Crippen LogP contribution in [-0.2, 0) is 20.0 Å². The van der Waals surface area contributed by atoms with Crippen molar-refractivity contribution < 1.29 is 14.4 Å². The van der Waals surface area contributed by atoms with Crippen molar-refractivity contribution in [2.75, 3.05) is 6.54 Å². The Hall–Kier alpha value is -2.22. The average molecular weight is 251 g/mol. The maximum Gasteiger partial charge on any atom is 0.339 e. The lowest BCUT2D eigenvalue weighted by Gasteiger charge is -2.05. The Morgan fingerprint density at radius 1 is 1.61 bits per heavy atom. The van der Waals surface area contributed by atoms with E-state index >= 15 is 0 Å². The number of carboxylic acids is 1. The molecule has 2 N–H and O–H groups in total. The molecule has 0 amide bonds. The van der Waals surface area contributed by atoms with Crippen molar-refractivity contribution in [3.8, 4) is 0 Å². The zero-order valence-electron chi connectivity index (χ0n) is 9.83. The van der Waals surface area contributed by atoms with Crippen LogP contribution in [0.1, 0.15) is 21.9 Å². The van der Waals surface area contributed by atoms with Gasteiger partial charge in [-0.25, -0.2) is 4.79 Å². The Morgan fingerprint density at radius 3 is 3.11 bits per heavy atom. The Labute approximate surface area is 103 Å². The number of aryl methyl sites for hydroxylation is 1. The van der Waals surface area contributed by atoms with E-state index in [9.17, 15) is 4.79 Å². The molecule has 0 radical (unpaired) electrons. The van der Waals surface area contributed by atoms with Gasteiger partial charge in [0.1, 0.15) is 5.56 Å². The molecule has 2 aromatic rings. The number of hydrogen-bond donors (Lipinski definition) is 2. The van der Waals surface area contributed by atoms with E-state index in [2.05, 4.69) is 25.1 Å². The highest BCUT2D eigenvalue weighted by molar-refractivity contribution is 5.88. The highest BCUT2D eigenvalue weighted by Gasteiger charge is 2.14. The standard InChI is InChI=1S/C10H13N5O3/c1-15-8(7(4-13-15)10(16)17)5-11-3-2-9-12-6-18-14-9/h4,6,11H,2-3,5H2,1H3,(H,16,17). The minimum Gasteiger partial charge on any atom is -0.478 e. The number of nitrogens with one attached hydrogen (secondary N) is 1. The van der Waals surface area contributed by atoms with Gasteiger partial charge < -0.3 is 14.9 Å². The molecule has 0 aliphatic heterocycles. The third kappa shape index (κ3) is 2.72. The average Bonchev–Trinajstić information content (AvgIpc) is 2.94. The van der Waals surface area contributed by atoms with Gasteiger partial charge in [0.05, 0.1) is 11.9 Å². The molecule has 0 saturated heterocycles. The number of carboxylic acid groups (broad SMARTS) is 1.